The molecule has 2 rings (SSSR count). The van der Waals surface area contributed by atoms with E-state index in [0.29, 0.717) is 13.0 Å². The van der Waals surface area contributed by atoms with Crippen molar-refractivity contribution in [3.8, 4) is 5.75 Å². The van der Waals surface area contributed by atoms with Gasteiger partial charge in [-0.15, -0.1) is 0 Å². The predicted molar refractivity (Wildman–Crippen MR) is 78.1 cm³/mol. The molecule has 1 aliphatic heterocycles. The highest BCUT2D eigenvalue weighted by molar-refractivity contribution is 5.39. The maximum atomic E-state index is 12.1. The Morgan fingerprint density at radius 3 is 3.00 bits per heavy atom. The van der Waals surface area contributed by atoms with Crippen LogP contribution >= 0.6 is 0 Å². The minimum atomic E-state index is -2.40. The first-order valence-electron chi connectivity index (χ1n) is 7.55. The summed E-state index contributed by atoms with van der Waals surface area (Å²) in [7, 11) is 0. The number of fused-ring (bicyclic) bond motifs is 1. The summed E-state index contributed by atoms with van der Waals surface area (Å²) >= 11 is 0. The van der Waals surface area contributed by atoms with E-state index < -0.39 is 13.0 Å². The molecule has 1 N–H and O–H groups in total. The van der Waals surface area contributed by atoms with E-state index in [1.807, 2.05) is 19.1 Å². The molecule has 3 nitrogen and oxygen atoms in total. The molecule has 0 aromatic heterocycles. The van der Waals surface area contributed by atoms with Crippen molar-refractivity contribution in [2.75, 3.05) is 26.4 Å². The van der Waals surface area contributed by atoms with Gasteiger partial charge in [-0.2, -0.15) is 0 Å². The molecule has 0 aliphatic carbocycles. The molecular formula is C16H23F2NO2. The first-order chi connectivity index (χ1) is 10.2. The summed E-state index contributed by atoms with van der Waals surface area (Å²) in [6, 6.07) is 6.34. The summed E-state index contributed by atoms with van der Waals surface area (Å²) in [6.45, 7) is 3.48. The maximum absolute atomic E-state index is 12.1. The third kappa shape index (κ3) is 4.93. The Morgan fingerprint density at radius 1 is 1.38 bits per heavy atom. The van der Waals surface area contributed by atoms with Crippen molar-refractivity contribution in [2.24, 2.45) is 0 Å². The fourth-order valence-electron chi connectivity index (χ4n) is 2.60. The van der Waals surface area contributed by atoms with Crippen LogP contribution in [0.4, 0.5) is 8.78 Å². The topological polar surface area (TPSA) is 30.5 Å². The number of ether oxygens (including phenoxy) is 2. The number of benzene rings is 1. The van der Waals surface area contributed by atoms with Gasteiger partial charge in [0.1, 0.15) is 12.4 Å². The lowest BCUT2D eigenvalue weighted by atomic mass is 9.98. The predicted octanol–water partition coefficient (Wildman–Crippen LogP) is 3.33. The van der Waals surface area contributed by atoms with Crippen molar-refractivity contribution >= 4 is 0 Å². The molecular weight excluding hydrogens is 276 g/mol. The lowest BCUT2D eigenvalue weighted by Crippen LogP contribution is -2.23. The SMILES string of the molecule is CCNC(CCOCC(F)F)c1ccc2c(c1)CCCO2. The number of aryl methyl sites for hydroxylation is 1. The third-order valence-electron chi connectivity index (χ3n) is 3.58. The van der Waals surface area contributed by atoms with Gasteiger partial charge in [0.25, 0.3) is 6.43 Å². The monoisotopic (exact) mass is 299 g/mol. The zero-order chi connectivity index (χ0) is 15.1. The Balaban J connectivity index is 1.96. The molecule has 0 saturated heterocycles. The van der Waals surface area contributed by atoms with E-state index in [0.717, 1.165) is 31.7 Å². The van der Waals surface area contributed by atoms with Crippen LogP contribution in [0.25, 0.3) is 0 Å². The molecule has 1 atom stereocenters. The first kappa shape index (κ1) is 16.2. The summed E-state index contributed by atoms with van der Waals surface area (Å²) in [5.74, 6) is 0.967. The van der Waals surface area contributed by atoms with E-state index in [1.165, 1.54) is 11.1 Å². The number of hydrogen-bond acceptors (Lipinski definition) is 3. The summed E-state index contributed by atoms with van der Waals surface area (Å²) < 4.78 is 34.7. The average molecular weight is 299 g/mol. The zero-order valence-electron chi connectivity index (χ0n) is 12.4. The Hall–Kier alpha value is -1.20. The lowest BCUT2D eigenvalue weighted by molar-refractivity contribution is 0.0144. The second kappa shape index (κ2) is 8.29. The van der Waals surface area contributed by atoms with Crippen LogP contribution in [0.1, 0.15) is 36.9 Å². The van der Waals surface area contributed by atoms with Crippen LogP contribution in [0, 0.1) is 0 Å². The number of alkyl halides is 2. The van der Waals surface area contributed by atoms with E-state index in [9.17, 15) is 8.78 Å². The summed E-state index contributed by atoms with van der Waals surface area (Å²) in [5, 5.41) is 3.39. The van der Waals surface area contributed by atoms with Gasteiger partial charge >= 0.3 is 0 Å². The number of halogens is 2. The largest absolute Gasteiger partial charge is 0.493 e. The van der Waals surface area contributed by atoms with Crippen LogP contribution in [0.5, 0.6) is 5.75 Å². The van der Waals surface area contributed by atoms with Crippen molar-refractivity contribution < 1.29 is 18.3 Å². The summed E-state index contributed by atoms with van der Waals surface area (Å²) in [6.07, 6.45) is 0.354. The second-order valence-corrected chi connectivity index (χ2v) is 5.18. The summed E-state index contributed by atoms with van der Waals surface area (Å²) in [5.41, 5.74) is 2.40. The molecule has 1 aromatic carbocycles. The van der Waals surface area contributed by atoms with Crippen LogP contribution in [0.15, 0.2) is 18.2 Å². The van der Waals surface area contributed by atoms with Gasteiger partial charge in [-0.05, 0) is 43.0 Å². The van der Waals surface area contributed by atoms with Gasteiger partial charge in [0, 0.05) is 12.6 Å². The minimum absolute atomic E-state index is 0.125. The smallest absolute Gasteiger partial charge is 0.261 e. The fourth-order valence-corrected chi connectivity index (χ4v) is 2.60. The Bertz CT molecular complexity index is 440. The molecule has 0 saturated carbocycles. The molecule has 21 heavy (non-hydrogen) atoms. The van der Waals surface area contributed by atoms with Crippen LogP contribution in [-0.2, 0) is 11.2 Å². The van der Waals surface area contributed by atoms with E-state index in [2.05, 4.69) is 11.4 Å². The molecule has 0 radical (unpaired) electrons. The maximum Gasteiger partial charge on any atom is 0.261 e. The second-order valence-electron chi connectivity index (χ2n) is 5.18. The van der Waals surface area contributed by atoms with Crippen molar-refractivity contribution in [3.05, 3.63) is 29.3 Å². The molecule has 1 unspecified atom stereocenters. The minimum Gasteiger partial charge on any atom is -0.493 e. The number of hydrogen-bond donors (Lipinski definition) is 1. The average Bonchev–Trinajstić information content (AvgIpc) is 2.49. The van der Waals surface area contributed by atoms with Crippen molar-refractivity contribution in [2.45, 2.75) is 38.7 Å². The standard InChI is InChI=1S/C16H23F2NO2/c1-2-19-14(7-9-20-11-16(17)18)12-5-6-15-13(10-12)4-3-8-21-15/h5-6,10,14,16,19H,2-4,7-9,11H2,1H3. The zero-order valence-corrected chi connectivity index (χ0v) is 12.4. The molecule has 5 heteroatoms. The molecule has 0 bridgehead atoms. The van der Waals surface area contributed by atoms with Crippen molar-refractivity contribution in [1.82, 2.24) is 5.32 Å². The van der Waals surface area contributed by atoms with Gasteiger partial charge in [-0.25, -0.2) is 8.78 Å². The Labute approximate surface area is 124 Å². The van der Waals surface area contributed by atoms with Crippen LogP contribution in [0.3, 0.4) is 0 Å². The first-order valence-corrected chi connectivity index (χ1v) is 7.55. The van der Waals surface area contributed by atoms with Crippen LogP contribution in [0.2, 0.25) is 0 Å². The highest BCUT2D eigenvalue weighted by atomic mass is 19.3. The van der Waals surface area contributed by atoms with E-state index >= 15 is 0 Å². The van der Waals surface area contributed by atoms with Gasteiger partial charge in [-0.1, -0.05) is 19.1 Å². The third-order valence-corrected chi connectivity index (χ3v) is 3.58. The highest BCUT2D eigenvalue weighted by Crippen LogP contribution is 2.28. The Morgan fingerprint density at radius 2 is 2.24 bits per heavy atom. The van der Waals surface area contributed by atoms with E-state index in [4.69, 9.17) is 9.47 Å². The van der Waals surface area contributed by atoms with Crippen molar-refractivity contribution in [3.63, 3.8) is 0 Å². The lowest BCUT2D eigenvalue weighted by Gasteiger charge is -2.22. The number of nitrogens with one attached hydrogen (secondary N) is 1. The van der Waals surface area contributed by atoms with Gasteiger partial charge in [0.2, 0.25) is 0 Å². The van der Waals surface area contributed by atoms with E-state index in [1.54, 1.807) is 0 Å². The molecule has 0 fully saturated rings. The molecule has 1 heterocycles. The molecule has 1 aliphatic rings. The molecule has 0 spiro atoms. The number of rotatable bonds is 8. The highest BCUT2D eigenvalue weighted by Gasteiger charge is 2.15. The van der Waals surface area contributed by atoms with Gasteiger partial charge in [0.05, 0.1) is 6.61 Å². The van der Waals surface area contributed by atoms with Crippen LogP contribution in [-0.4, -0.2) is 32.8 Å². The summed E-state index contributed by atoms with van der Waals surface area (Å²) in [4.78, 5) is 0. The van der Waals surface area contributed by atoms with E-state index in [-0.39, 0.29) is 6.04 Å². The fraction of sp³-hybridized carbons (Fsp3) is 0.625. The molecule has 0 amide bonds. The van der Waals surface area contributed by atoms with Gasteiger partial charge in [0.15, 0.2) is 0 Å². The molecule has 118 valence electrons. The van der Waals surface area contributed by atoms with Crippen molar-refractivity contribution in [1.29, 1.82) is 0 Å². The quantitative estimate of drug-likeness (QED) is 0.747. The normalized spacial score (nSPS) is 15.6. The van der Waals surface area contributed by atoms with Gasteiger partial charge in [-0.3, -0.25) is 0 Å². The van der Waals surface area contributed by atoms with Gasteiger partial charge < -0.3 is 14.8 Å². The molecule has 1 aromatic rings. The Kier molecular flexibility index (Phi) is 6.39. The van der Waals surface area contributed by atoms with Crippen LogP contribution < -0.4 is 10.1 Å².